The van der Waals surface area contributed by atoms with Gasteiger partial charge < -0.3 is 11.7 Å². The molecule has 3 aromatic carbocycles. The summed E-state index contributed by atoms with van der Waals surface area (Å²) in [7, 11) is 0. The van der Waals surface area contributed by atoms with Crippen molar-refractivity contribution in [1.29, 1.82) is 0 Å². The quantitative estimate of drug-likeness (QED) is 0.441. The van der Waals surface area contributed by atoms with Crippen LogP contribution in [0.5, 0.6) is 0 Å². The number of nitrogens with zero attached hydrogens (tertiary/aromatic N) is 2. The fourth-order valence-electron chi connectivity index (χ4n) is 2.48. The van der Waals surface area contributed by atoms with Crippen LogP contribution in [-0.2, 0) is 0 Å². The average molecular weight is 288 g/mol. The van der Waals surface area contributed by atoms with E-state index in [1.54, 1.807) is 0 Å². The highest BCUT2D eigenvalue weighted by Gasteiger charge is 2.14. The fourth-order valence-corrected chi connectivity index (χ4v) is 2.48. The normalized spacial score (nSPS) is 12.5. The van der Waals surface area contributed by atoms with Crippen LogP contribution in [0.2, 0.25) is 0 Å². The van der Waals surface area contributed by atoms with Gasteiger partial charge in [-0.15, -0.1) is 0 Å². The van der Waals surface area contributed by atoms with Crippen LogP contribution in [0.25, 0.3) is 10.8 Å². The van der Waals surface area contributed by atoms with Crippen molar-refractivity contribution in [2.24, 2.45) is 21.9 Å². The van der Waals surface area contributed by atoms with Crippen LogP contribution in [0.15, 0.2) is 83.0 Å². The lowest BCUT2D eigenvalue weighted by Gasteiger charge is -2.09. The van der Waals surface area contributed by atoms with E-state index in [4.69, 9.17) is 11.7 Å². The molecule has 4 N–H and O–H groups in total. The highest BCUT2D eigenvalue weighted by atomic mass is 15.2. The Morgan fingerprint density at radius 1 is 0.591 bits per heavy atom. The summed E-state index contributed by atoms with van der Waals surface area (Å²) in [5.74, 6) is 11.2. The first kappa shape index (κ1) is 13.8. The maximum absolute atomic E-state index is 5.61. The molecule has 3 rings (SSSR count). The van der Waals surface area contributed by atoms with E-state index in [9.17, 15) is 0 Å². The van der Waals surface area contributed by atoms with Crippen LogP contribution in [0, 0.1) is 0 Å². The van der Waals surface area contributed by atoms with Crippen molar-refractivity contribution in [1.82, 2.24) is 0 Å². The molecular weight excluding hydrogens is 272 g/mol. The van der Waals surface area contributed by atoms with Gasteiger partial charge in [0.05, 0.1) is 0 Å². The van der Waals surface area contributed by atoms with Gasteiger partial charge in [0, 0.05) is 11.1 Å². The summed E-state index contributed by atoms with van der Waals surface area (Å²) in [6.07, 6.45) is 0. The number of fused-ring (bicyclic) bond motifs is 1. The average Bonchev–Trinajstić information content (AvgIpc) is 2.60. The summed E-state index contributed by atoms with van der Waals surface area (Å²) in [6, 6.07) is 23.8. The lowest BCUT2D eigenvalue weighted by atomic mass is 9.97. The Bertz CT molecular complexity index is 851. The van der Waals surface area contributed by atoms with Gasteiger partial charge >= 0.3 is 0 Å². The summed E-state index contributed by atoms with van der Waals surface area (Å²) >= 11 is 0. The van der Waals surface area contributed by atoms with E-state index in [0.29, 0.717) is 11.4 Å². The van der Waals surface area contributed by atoms with Crippen LogP contribution >= 0.6 is 0 Å². The van der Waals surface area contributed by atoms with E-state index in [-0.39, 0.29) is 0 Å². The molecular formula is C18H16N4. The Kier molecular flexibility index (Phi) is 3.83. The number of benzene rings is 3. The molecule has 0 radical (unpaired) electrons. The van der Waals surface area contributed by atoms with Gasteiger partial charge in [-0.3, -0.25) is 0 Å². The summed E-state index contributed by atoms with van der Waals surface area (Å²) in [5.41, 5.74) is 2.90. The van der Waals surface area contributed by atoms with E-state index >= 15 is 0 Å². The number of hydrazone groups is 2. The zero-order valence-electron chi connectivity index (χ0n) is 12.0. The molecule has 22 heavy (non-hydrogen) atoms. The molecule has 4 nitrogen and oxygen atoms in total. The molecule has 0 bridgehead atoms. The second-order valence-corrected chi connectivity index (χ2v) is 4.88. The van der Waals surface area contributed by atoms with Crippen molar-refractivity contribution < 1.29 is 0 Å². The van der Waals surface area contributed by atoms with Gasteiger partial charge in [0.1, 0.15) is 11.4 Å². The number of hydrogen-bond acceptors (Lipinski definition) is 4. The molecule has 0 aliphatic carbocycles. The molecule has 0 aliphatic heterocycles. The number of hydrogen-bond donors (Lipinski definition) is 2. The van der Waals surface area contributed by atoms with Gasteiger partial charge in [0.2, 0.25) is 0 Å². The van der Waals surface area contributed by atoms with Gasteiger partial charge in [-0.05, 0) is 16.8 Å². The summed E-state index contributed by atoms with van der Waals surface area (Å²) in [5, 5.41) is 10.1. The monoisotopic (exact) mass is 288 g/mol. The Morgan fingerprint density at radius 3 is 1.86 bits per heavy atom. The Morgan fingerprint density at radius 2 is 1.18 bits per heavy atom. The first-order valence-electron chi connectivity index (χ1n) is 6.94. The molecule has 0 amide bonds. The summed E-state index contributed by atoms with van der Waals surface area (Å²) < 4.78 is 0. The van der Waals surface area contributed by atoms with Crippen molar-refractivity contribution >= 4 is 22.2 Å². The molecule has 3 aromatic rings. The molecule has 0 saturated heterocycles. The minimum absolute atomic E-state index is 0.568. The van der Waals surface area contributed by atoms with Crippen LogP contribution in [-0.4, -0.2) is 11.4 Å². The van der Waals surface area contributed by atoms with E-state index in [0.717, 1.165) is 21.9 Å². The van der Waals surface area contributed by atoms with Crippen LogP contribution < -0.4 is 11.7 Å². The molecule has 0 saturated carbocycles. The lowest BCUT2D eigenvalue weighted by molar-refractivity contribution is 1.23. The van der Waals surface area contributed by atoms with E-state index in [2.05, 4.69) is 22.3 Å². The Hall–Kier alpha value is -3.14. The molecule has 4 heteroatoms. The van der Waals surface area contributed by atoms with Gasteiger partial charge in [-0.25, -0.2) is 0 Å². The Balaban J connectivity index is 2.10. The first-order chi connectivity index (χ1) is 10.8. The third kappa shape index (κ3) is 2.54. The maximum atomic E-state index is 5.61. The van der Waals surface area contributed by atoms with Crippen LogP contribution in [0.3, 0.4) is 0 Å². The second kappa shape index (κ2) is 6.10. The predicted octanol–water partition coefficient (Wildman–Crippen LogP) is 2.87. The second-order valence-electron chi connectivity index (χ2n) is 4.88. The SMILES string of the molecule is NN=C(C(=NN)c1ccc2ccccc2c1)c1ccccc1. The largest absolute Gasteiger partial charge is 0.323 e. The zero-order valence-corrected chi connectivity index (χ0v) is 12.0. The Labute approximate surface area is 128 Å². The van der Waals surface area contributed by atoms with Crippen molar-refractivity contribution in [3.8, 4) is 0 Å². The van der Waals surface area contributed by atoms with Gasteiger partial charge in [0.15, 0.2) is 0 Å². The smallest absolute Gasteiger partial charge is 0.118 e. The zero-order chi connectivity index (χ0) is 15.4. The first-order valence-corrected chi connectivity index (χ1v) is 6.94. The molecule has 0 aliphatic rings. The molecule has 0 heterocycles. The van der Waals surface area contributed by atoms with Crippen molar-refractivity contribution in [2.75, 3.05) is 0 Å². The van der Waals surface area contributed by atoms with E-state index in [1.165, 1.54) is 0 Å². The van der Waals surface area contributed by atoms with E-state index < -0.39 is 0 Å². The molecule has 0 atom stereocenters. The number of rotatable bonds is 3. The standard InChI is InChI=1S/C18H16N4/c19-21-17(14-7-2-1-3-8-14)18(22-20)16-11-10-13-6-4-5-9-15(13)12-16/h1-12H,19-20H2. The minimum atomic E-state index is 0.568. The van der Waals surface area contributed by atoms with Gasteiger partial charge in [-0.1, -0.05) is 66.7 Å². The fraction of sp³-hybridized carbons (Fsp3) is 0. The highest BCUT2D eigenvalue weighted by molar-refractivity contribution is 6.53. The minimum Gasteiger partial charge on any atom is -0.323 e. The van der Waals surface area contributed by atoms with E-state index in [1.807, 2.05) is 60.7 Å². The predicted molar refractivity (Wildman–Crippen MR) is 91.8 cm³/mol. The van der Waals surface area contributed by atoms with Gasteiger partial charge in [-0.2, -0.15) is 10.2 Å². The van der Waals surface area contributed by atoms with Crippen molar-refractivity contribution in [3.05, 3.63) is 83.9 Å². The molecule has 0 unspecified atom stereocenters. The molecule has 0 aromatic heterocycles. The topological polar surface area (TPSA) is 76.8 Å². The molecule has 108 valence electrons. The summed E-state index contributed by atoms with van der Waals surface area (Å²) in [6.45, 7) is 0. The molecule has 0 spiro atoms. The van der Waals surface area contributed by atoms with Crippen LogP contribution in [0.1, 0.15) is 11.1 Å². The van der Waals surface area contributed by atoms with Crippen LogP contribution in [0.4, 0.5) is 0 Å². The van der Waals surface area contributed by atoms with Gasteiger partial charge in [0.25, 0.3) is 0 Å². The third-order valence-corrected chi connectivity index (χ3v) is 3.55. The molecule has 0 fully saturated rings. The third-order valence-electron chi connectivity index (χ3n) is 3.55. The van der Waals surface area contributed by atoms with Crippen molar-refractivity contribution in [3.63, 3.8) is 0 Å². The maximum Gasteiger partial charge on any atom is 0.118 e. The lowest BCUT2D eigenvalue weighted by Crippen LogP contribution is -2.20. The van der Waals surface area contributed by atoms with Crippen molar-refractivity contribution in [2.45, 2.75) is 0 Å². The number of nitrogens with two attached hydrogens (primary N) is 2. The highest BCUT2D eigenvalue weighted by Crippen LogP contribution is 2.17. The summed E-state index contributed by atoms with van der Waals surface area (Å²) in [4.78, 5) is 0.